The molecule has 5 nitrogen and oxygen atoms in total. The summed E-state index contributed by atoms with van der Waals surface area (Å²) in [4.78, 5) is 16.9. The van der Waals surface area contributed by atoms with Crippen LogP contribution in [-0.2, 0) is 11.3 Å². The number of carbonyl (C=O) groups is 1. The van der Waals surface area contributed by atoms with Crippen LogP contribution < -0.4 is 0 Å². The van der Waals surface area contributed by atoms with Gasteiger partial charge in [0, 0.05) is 25.2 Å². The molecule has 1 amide bonds. The quantitative estimate of drug-likeness (QED) is 0.914. The Balaban J connectivity index is 1.79. The van der Waals surface area contributed by atoms with Crippen molar-refractivity contribution < 1.29 is 14.6 Å². The minimum Gasteiger partial charge on any atom is -0.444 e. The summed E-state index contributed by atoms with van der Waals surface area (Å²) >= 11 is 0. The van der Waals surface area contributed by atoms with Gasteiger partial charge in [0.15, 0.2) is 0 Å². The zero-order valence-corrected chi connectivity index (χ0v) is 15.7. The standard InChI is InChI=1S/C20H30N2O3/c1-14(23)18-17-11-10-16(13-22(18)19(24)25-20(2,3)4)21(17)12-15-8-6-5-7-9-15/h5-9,14,16-18,23H,10-13H2,1-4H3/t14-,16+,17-,18+/m0/s1. The number of benzene rings is 1. The van der Waals surface area contributed by atoms with E-state index in [4.69, 9.17) is 4.74 Å². The van der Waals surface area contributed by atoms with Gasteiger partial charge in [-0.15, -0.1) is 0 Å². The van der Waals surface area contributed by atoms with Gasteiger partial charge in [-0.3, -0.25) is 9.80 Å². The molecular weight excluding hydrogens is 316 g/mol. The lowest BCUT2D eigenvalue weighted by molar-refractivity contribution is -0.0553. The highest BCUT2D eigenvalue weighted by Gasteiger charge is 2.50. The second-order valence-electron chi connectivity index (χ2n) is 8.32. The fraction of sp³-hybridized carbons (Fsp3) is 0.650. The molecule has 2 aliphatic rings. The van der Waals surface area contributed by atoms with Gasteiger partial charge in [-0.05, 0) is 46.1 Å². The van der Waals surface area contributed by atoms with Crippen molar-refractivity contribution in [3.05, 3.63) is 35.9 Å². The van der Waals surface area contributed by atoms with E-state index in [0.717, 1.165) is 19.4 Å². The van der Waals surface area contributed by atoms with Gasteiger partial charge in [0.25, 0.3) is 0 Å². The number of carbonyl (C=O) groups excluding carboxylic acids is 1. The number of hydrogen-bond acceptors (Lipinski definition) is 4. The summed E-state index contributed by atoms with van der Waals surface area (Å²) in [6.45, 7) is 8.89. The number of amides is 1. The first kappa shape index (κ1) is 18.2. The van der Waals surface area contributed by atoms with E-state index in [1.807, 2.05) is 26.8 Å². The molecule has 25 heavy (non-hydrogen) atoms. The van der Waals surface area contributed by atoms with E-state index < -0.39 is 11.7 Å². The highest BCUT2D eigenvalue weighted by molar-refractivity contribution is 5.69. The average Bonchev–Trinajstić information content (AvgIpc) is 2.78. The van der Waals surface area contributed by atoms with Crippen molar-refractivity contribution in [2.45, 2.75) is 76.9 Å². The van der Waals surface area contributed by atoms with Gasteiger partial charge in [0.2, 0.25) is 0 Å². The van der Waals surface area contributed by atoms with Crippen LogP contribution in [0, 0.1) is 0 Å². The molecule has 1 N–H and O–H groups in total. The summed E-state index contributed by atoms with van der Waals surface area (Å²) in [5, 5.41) is 10.4. The number of nitrogens with zero attached hydrogens (tertiary/aromatic N) is 2. The highest BCUT2D eigenvalue weighted by atomic mass is 16.6. The van der Waals surface area contributed by atoms with Crippen LogP contribution in [0.2, 0.25) is 0 Å². The molecule has 138 valence electrons. The molecule has 2 fully saturated rings. The molecule has 2 bridgehead atoms. The Labute approximate surface area is 150 Å². The smallest absolute Gasteiger partial charge is 0.410 e. The maximum absolute atomic E-state index is 12.7. The number of ether oxygens (including phenoxy) is 1. The molecule has 4 atom stereocenters. The van der Waals surface area contributed by atoms with Gasteiger partial charge < -0.3 is 9.84 Å². The molecule has 2 heterocycles. The lowest BCUT2D eigenvalue weighted by Crippen LogP contribution is -2.64. The van der Waals surface area contributed by atoms with Crippen LogP contribution in [0.15, 0.2) is 30.3 Å². The zero-order chi connectivity index (χ0) is 18.2. The predicted octanol–water partition coefficient (Wildman–Crippen LogP) is 3.02. The lowest BCUT2D eigenvalue weighted by atomic mass is 9.97. The number of rotatable bonds is 3. The zero-order valence-electron chi connectivity index (χ0n) is 15.7. The summed E-state index contributed by atoms with van der Waals surface area (Å²) in [5.41, 5.74) is 0.745. The highest BCUT2D eigenvalue weighted by Crippen LogP contribution is 2.37. The lowest BCUT2D eigenvalue weighted by Gasteiger charge is -2.48. The van der Waals surface area contributed by atoms with Gasteiger partial charge in [0.1, 0.15) is 5.60 Å². The van der Waals surface area contributed by atoms with E-state index in [1.54, 1.807) is 11.8 Å². The molecule has 0 spiro atoms. The molecule has 1 aromatic rings. The Morgan fingerprint density at radius 1 is 1.28 bits per heavy atom. The van der Waals surface area contributed by atoms with Gasteiger partial charge in [-0.2, -0.15) is 0 Å². The van der Waals surface area contributed by atoms with E-state index >= 15 is 0 Å². The fourth-order valence-corrected chi connectivity index (χ4v) is 4.22. The minimum atomic E-state index is -0.588. The van der Waals surface area contributed by atoms with Crippen molar-refractivity contribution in [2.75, 3.05) is 6.54 Å². The maximum Gasteiger partial charge on any atom is 0.410 e. The first-order valence-corrected chi connectivity index (χ1v) is 9.23. The molecule has 3 rings (SSSR count). The molecule has 2 aliphatic heterocycles. The monoisotopic (exact) mass is 346 g/mol. The first-order valence-electron chi connectivity index (χ1n) is 9.23. The average molecular weight is 346 g/mol. The largest absolute Gasteiger partial charge is 0.444 e. The second kappa shape index (κ2) is 6.96. The number of likely N-dealkylation sites (tertiary alicyclic amines) is 1. The molecule has 0 saturated carbocycles. The number of aliphatic hydroxyl groups excluding tert-OH is 1. The van der Waals surface area contributed by atoms with Crippen LogP contribution in [0.4, 0.5) is 4.79 Å². The number of fused-ring (bicyclic) bond motifs is 2. The summed E-state index contributed by atoms with van der Waals surface area (Å²) in [6.07, 6.45) is 1.16. The van der Waals surface area contributed by atoms with Gasteiger partial charge >= 0.3 is 6.09 Å². The van der Waals surface area contributed by atoms with Crippen LogP contribution in [0.25, 0.3) is 0 Å². The van der Waals surface area contributed by atoms with Crippen molar-refractivity contribution >= 4 is 6.09 Å². The summed E-state index contributed by atoms with van der Waals surface area (Å²) in [7, 11) is 0. The summed E-state index contributed by atoms with van der Waals surface area (Å²) in [6, 6.07) is 10.7. The molecule has 5 heteroatoms. The van der Waals surface area contributed by atoms with E-state index in [2.05, 4.69) is 29.2 Å². The Hall–Kier alpha value is -1.59. The topological polar surface area (TPSA) is 53.0 Å². The third-order valence-corrected chi connectivity index (χ3v) is 5.18. The van der Waals surface area contributed by atoms with Gasteiger partial charge in [0.05, 0.1) is 12.1 Å². The van der Waals surface area contributed by atoms with Crippen LogP contribution in [0.3, 0.4) is 0 Å². The van der Waals surface area contributed by atoms with Gasteiger partial charge in [-0.25, -0.2) is 4.79 Å². The molecule has 0 unspecified atom stereocenters. The van der Waals surface area contributed by atoms with Crippen molar-refractivity contribution in [3.8, 4) is 0 Å². The SMILES string of the molecule is C[C@H](O)[C@@H]1[C@@H]2CC[C@H](CN1C(=O)OC(C)(C)C)N2Cc1ccccc1. The van der Waals surface area contributed by atoms with Crippen molar-refractivity contribution in [1.29, 1.82) is 0 Å². The second-order valence-corrected chi connectivity index (χ2v) is 8.32. The Bertz CT molecular complexity index is 597. The molecule has 0 aromatic heterocycles. The van der Waals surface area contributed by atoms with E-state index in [9.17, 15) is 9.90 Å². The minimum absolute atomic E-state index is 0.173. The van der Waals surface area contributed by atoms with Crippen LogP contribution in [-0.4, -0.2) is 57.4 Å². The molecule has 1 aromatic carbocycles. The molecular formula is C20H30N2O3. The van der Waals surface area contributed by atoms with Gasteiger partial charge in [-0.1, -0.05) is 30.3 Å². The van der Waals surface area contributed by atoms with E-state index in [-0.39, 0.29) is 18.2 Å². The molecule has 0 aliphatic carbocycles. The van der Waals surface area contributed by atoms with Crippen LogP contribution in [0.5, 0.6) is 0 Å². The maximum atomic E-state index is 12.7. The number of piperazine rings is 1. The molecule has 0 radical (unpaired) electrons. The van der Waals surface area contributed by atoms with Crippen molar-refractivity contribution in [3.63, 3.8) is 0 Å². The normalized spacial score (nSPS) is 28.0. The van der Waals surface area contributed by atoms with Crippen LogP contribution >= 0.6 is 0 Å². The first-order chi connectivity index (χ1) is 11.8. The summed E-state index contributed by atoms with van der Waals surface area (Å²) in [5.74, 6) is 0. The van der Waals surface area contributed by atoms with Crippen LogP contribution in [0.1, 0.15) is 46.1 Å². The predicted molar refractivity (Wildman–Crippen MR) is 97.2 cm³/mol. The summed E-state index contributed by atoms with van der Waals surface area (Å²) < 4.78 is 5.59. The number of hydrogen-bond donors (Lipinski definition) is 1. The Morgan fingerprint density at radius 2 is 1.96 bits per heavy atom. The van der Waals surface area contributed by atoms with Crippen molar-refractivity contribution in [1.82, 2.24) is 9.80 Å². The third-order valence-electron chi connectivity index (χ3n) is 5.18. The third kappa shape index (κ3) is 3.98. The van der Waals surface area contributed by atoms with Crippen molar-refractivity contribution in [2.24, 2.45) is 0 Å². The molecule has 2 saturated heterocycles. The Morgan fingerprint density at radius 3 is 2.56 bits per heavy atom. The van der Waals surface area contributed by atoms with E-state index in [1.165, 1.54) is 5.56 Å². The number of aliphatic hydroxyl groups is 1. The fourth-order valence-electron chi connectivity index (χ4n) is 4.22. The van der Waals surface area contributed by atoms with E-state index in [0.29, 0.717) is 12.6 Å². The Kier molecular flexibility index (Phi) is 5.07.